The van der Waals surface area contributed by atoms with Crippen molar-refractivity contribution in [3.63, 3.8) is 0 Å². The van der Waals surface area contributed by atoms with Crippen molar-refractivity contribution >= 4 is 27.4 Å². The Hall–Kier alpha value is -2.56. The monoisotopic (exact) mass is 421 g/mol. The Balaban J connectivity index is 1.60. The average Bonchev–Trinajstić information content (AvgIpc) is 2.72. The lowest BCUT2D eigenvalue weighted by molar-refractivity contribution is 0.180. The maximum atomic E-state index is 14.9. The number of aromatic nitrogens is 1. The molecule has 1 saturated heterocycles. The summed E-state index contributed by atoms with van der Waals surface area (Å²) in [6, 6.07) is 7.55. The molecule has 2 amide bonds. The molecule has 0 radical (unpaired) electrons. The Morgan fingerprint density at radius 3 is 2.45 bits per heavy atom. The topological polar surface area (TPSA) is 94.6 Å². The molecule has 0 atom stereocenters. The van der Waals surface area contributed by atoms with Crippen LogP contribution in [-0.4, -0.2) is 60.6 Å². The van der Waals surface area contributed by atoms with Gasteiger partial charge in [-0.2, -0.15) is 4.31 Å². The molecule has 0 bridgehead atoms. The number of carbonyl (C=O) groups is 1. The molecule has 0 unspecified atom stereocenters. The van der Waals surface area contributed by atoms with E-state index in [2.05, 4.69) is 15.6 Å². The number of halogens is 1. The van der Waals surface area contributed by atoms with Crippen LogP contribution in [0.1, 0.15) is 12.5 Å². The summed E-state index contributed by atoms with van der Waals surface area (Å²) in [6.45, 7) is 3.81. The van der Waals surface area contributed by atoms with Crippen molar-refractivity contribution in [1.82, 2.24) is 14.2 Å². The van der Waals surface area contributed by atoms with Gasteiger partial charge in [-0.3, -0.25) is 9.88 Å². The molecular formula is C19H24FN5O3S. The van der Waals surface area contributed by atoms with Crippen LogP contribution in [0.2, 0.25) is 0 Å². The Bertz CT molecular complexity index is 948. The van der Waals surface area contributed by atoms with E-state index in [1.54, 1.807) is 43.6 Å². The summed E-state index contributed by atoms with van der Waals surface area (Å²) in [5, 5.41) is 5.13. The highest BCUT2D eigenvalue weighted by Gasteiger charge is 2.26. The molecule has 29 heavy (non-hydrogen) atoms. The van der Waals surface area contributed by atoms with Gasteiger partial charge in [0.2, 0.25) is 10.0 Å². The van der Waals surface area contributed by atoms with Crippen molar-refractivity contribution in [2.45, 2.75) is 13.5 Å². The fourth-order valence-corrected chi connectivity index (χ4v) is 4.19. The normalized spacial score (nSPS) is 15.8. The smallest absolute Gasteiger partial charge is 0.308 e. The van der Waals surface area contributed by atoms with E-state index >= 15 is 0 Å². The summed E-state index contributed by atoms with van der Waals surface area (Å²) in [5.41, 5.74) is 1.08. The number of hydrogen-bond acceptors (Lipinski definition) is 5. The van der Waals surface area contributed by atoms with Gasteiger partial charge in [-0.25, -0.2) is 17.6 Å². The first-order chi connectivity index (χ1) is 13.9. The van der Waals surface area contributed by atoms with E-state index in [4.69, 9.17) is 0 Å². The first kappa shape index (κ1) is 21.2. The Kier molecular flexibility index (Phi) is 6.78. The number of piperazine rings is 1. The quantitative estimate of drug-likeness (QED) is 0.747. The van der Waals surface area contributed by atoms with Gasteiger partial charge >= 0.3 is 6.03 Å². The maximum Gasteiger partial charge on any atom is 0.323 e. The van der Waals surface area contributed by atoms with Crippen molar-refractivity contribution in [2.75, 3.05) is 42.6 Å². The summed E-state index contributed by atoms with van der Waals surface area (Å²) in [5.74, 6) is -0.419. The van der Waals surface area contributed by atoms with Gasteiger partial charge in [-0.15, -0.1) is 0 Å². The van der Waals surface area contributed by atoms with Crippen LogP contribution in [0, 0.1) is 5.82 Å². The molecule has 0 spiro atoms. The first-order valence-electron chi connectivity index (χ1n) is 9.34. The number of nitrogens with zero attached hydrogens (tertiary/aromatic N) is 3. The second-order valence-corrected chi connectivity index (χ2v) is 8.93. The van der Waals surface area contributed by atoms with Gasteiger partial charge in [-0.1, -0.05) is 12.1 Å². The predicted molar refractivity (Wildman–Crippen MR) is 110 cm³/mol. The van der Waals surface area contributed by atoms with E-state index in [1.165, 1.54) is 10.4 Å². The molecule has 1 aromatic carbocycles. The van der Waals surface area contributed by atoms with E-state index in [0.717, 1.165) is 0 Å². The van der Waals surface area contributed by atoms with Gasteiger partial charge in [0.25, 0.3) is 0 Å². The number of nitrogens with one attached hydrogen (secondary N) is 2. The number of amides is 2. The van der Waals surface area contributed by atoms with Gasteiger partial charge in [0.15, 0.2) is 5.82 Å². The van der Waals surface area contributed by atoms with Crippen LogP contribution in [0.3, 0.4) is 0 Å². The molecule has 0 aliphatic carbocycles. The minimum Gasteiger partial charge on any atom is -0.308 e. The number of pyridine rings is 1. The van der Waals surface area contributed by atoms with Crippen LogP contribution in [0.5, 0.6) is 0 Å². The molecule has 156 valence electrons. The third-order valence-corrected chi connectivity index (χ3v) is 6.63. The van der Waals surface area contributed by atoms with Crippen molar-refractivity contribution < 1.29 is 17.6 Å². The molecule has 3 rings (SSSR count). The number of benzene rings is 1. The number of carbonyl (C=O) groups excluding carboxylic acids is 1. The minimum absolute atomic E-state index is 0.0803. The summed E-state index contributed by atoms with van der Waals surface area (Å²) in [6.07, 6.45) is 3.09. The maximum absolute atomic E-state index is 14.9. The van der Waals surface area contributed by atoms with E-state index in [9.17, 15) is 17.6 Å². The zero-order valence-corrected chi connectivity index (χ0v) is 17.0. The van der Waals surface area contributed by atoms with Crippen molar-refractivity contribution in [3.05, 3.63) is 54.1 Å². The molecule has 0 saturated carbocycles. The van der Waals surface area contributed by atoms with Gasteiger partial charge in [0.05, 0.1) is 11.4 Å². The molecule has 10 heteroatoms. The lowest BCUT2D eigenvalue weighted by atomic mass is 10.1. The molecular weight excluding hydrogens is 397 g/mol. The number of sulfonamides is 1. The first-order valence-corrected chi connectivity index (χ1v) is 11.0. The molecule has 1 fully saturated rings. The van der Waals surface area contributed by atoms with Gasteiger partial charge in [-0.05, 0) is 25.1 Å². The van der Waals surface area contributed by atoms with Gasteiger partial charge in [0, 0.05) is 56.4 Å². The number of rotatable bonds is 6. The van der Waals surface area contributed by atoms with Crippen LogP contribution in [-0.2, 0) is 16.6 Å². The Morgan fingerprint density at radius 1 is 1.10 bits per heavy atom. The van der Waals surface area contributed by atoms with Crippen LogP contribution in [0.25, 0.3) is 0 Å². The average molecular weight is 421 g/mol. The summed E-state index contributed by atoms with van der Waals surface area (Å²) >= 11 is 0. The highest BCUT2D eigenvalue weighted by molar-refractivity contribution is 7.89. The van der Waals surface area contributed by atoms with Crippen LogP contribution in [0.4, 0.5) is 20.6 Å². The van der Waals surface area contributed by atoms with Gasteiger partial charge in [0.1, 0.15) is 0 Å². The zero-order chi connectivity index (χ0) is 20.9. The minimum atomic E-state index is -3.20. The van der Waals surface area contributed by atoms with Crippen molar-refractivity contribution in [2.24, 2.45) is 0 Å². The fourth-order valence-electron chi connectivity index (χ4n) is 3.11. The number of hydrogen-bond donors (Lipinski definition) is 2. The fraction of sp³-hybridized carbons (Fsp3) is 0.368. The third kappa shape index (κ3) is 5.49. The third-order valence-electron chi connectivity index (χ3n) is 4.75. The van der Waals surface area contributed by atoms with E-state index in [1.807, 2.05) is 4.90 Å². The molecule has 8 nitrogen and oxygen atoms in total. The molecule has 2 aromatic rings. The highest BCUT2D eigenvalue weighted by Crippen LogP contribution is 2.21. The van der Waals surface area contributed by atoms with Crippen LogP contribution < -0.4 is 10.6 Å². The van der Waals surface area contributed by atoms with Crippen molar-refractivity contribution in [3.8, 4) is 0 Å². The molecule has 1 aliphatic heterocycles. The molecule has 2 heterocycles. The number of urea groups is 1. The summed E-state index contributed by atoms with van der Waals surface area (Å²) < 4.78 is 40.2. The lowest BCUT2D eigenvalue weighted by Gasteiger charge is -2.33. The molecule has 2 N–H and O–H groups in total. The zero-order valence-electron chi connectivity index (χ0n) is 16.1. The van der Waals surface area contributed by atoms with Crippen molar-refractivity contribution in [1.29, 1.82) is 0 Å². The van der Waals surface area contributed by atoms with Gasteiger partial charge < -0.3 is 10.6 Å². The van der Waals surface area contributed by atoms with E-state index in [-0.39, 0.29) is 11.4 Å². The molecule has 1 aromatic heterocycles. The predicted octanol–water partition coefficient (Wildman–Crippen LogP) is 2.33. The standard InChI is InChI=1S/C19H24FN5O3S/c1-2-29(27,28)25-12-10-24(11-13-25)14-15-4-3-5-17(18(15)20)23-19(26)22-16-6-8-21-9-7-16/h3-9H,2,10-14H2,1H3,(H2,21,22,23,26). The van der Waals surface area contributed by atoms with E-state index in [0.29, 0.717) is 44.0 Å². The Labute approximate surface area is 169 Å². The largest absolute Gasteiger partial charge is 0.323 e. The van der Waals surface area contributed by atoms with E-state index < -0.39 is 21.9 Å². The molecule has 1 aliphatic rings. The second-order valence-electron chi connectivity index (χ2n) is 6.67. The SMILES string of the molecule is CCS(=O)(=O)N1CCN(Cc2cccc(NC(=O)Nc3ccncc3)c2F)CC1. The Morgan fingerprint density at radius 2 is 1.79 bits per heavy atom. The lowest BCUT2D eigenvalue weighted by Crippen LogP contribution is -2.48. The summed E-state index contributed by atoms with van der Waals surface area (Å²) in [4.78, 5) is 18.0. The van der Waals surface area contributed by atoms with Crippen LogP contribution >= 0.6 is 0 Å². The number of anilines is 2. The second kappa shape index (κ2) is 9.29. The highest BCUT2D eigenvalue weighted by atomic mass is 32.2. The van der Waals surface area contributed by atoms with Crippen LogP contribution in [0.15, 0.2) is 42.7 Å². The summed E-state index contributed by atoms with van der Waals surface area (Å²) in [7, 11) is -3.20.